The summed E-state index contributed by atoms with van der Waals surface area (Å²) < 4.78 is 10.5. The van der Waals surface area contributed by atoms with E-state index in [1.165, 1.54) is 0 Å². The van der Waals surface area contributed by atoms with Crippen molar-refractivity contribution in [3.63, 3.8) is 0 Å². The number of morpholine rings is 1. The molecule has 1 aromatic heterocycles. The lowest BCUT2D eigenvalue weighted by Gasteiger charge is -2.24. The summed E-state index contributed by atoms with van der Waals surface area (Å²) in [5, 5.41) is 6.07. The Morgan fingerprint density at radius 2 is 2.59 bits per heavy atom. The van der Waals surface area contributed by atoms with Gasteiger partial charge in [0.15, 0.2) is 0 Å². The van der Waals surface area contributed by atoms with Gasteiger partial charge in [0, 0.05) is 19.0 Å². The molecular weight excluding hydrogens is 220 g/mol. The molecule has 1 amide bonds. The minimum Gasteiger partial charge on any atom is -0.469 e. The molecule has 0 saturated carbocycles. The van der Waals surface area contributed by atoms with Gasteiger partial charge in [0.2, 0.25) is 5.91 Å². The zero-order valence-electron chi connectivity index (χ0n) is 9.94. The number of carbonyl (C=O) groups excluding carboxylic acids is 1. The second-order valence-electron chi connectivity index (χ2n) is 4.27. The molecule has 0 aliphatic carbocycles. The normalized spacial score (nSPS) is 22.1. The van der Waals surface area contributed by atoms with E-state index in [0.717, 1.165) is 12.3 Å². The fourth-order valence-electron chi connectivity index (χ4n) is 1.86. The molecule has 1 aliphatic rings. The average molecular weight is 238 g/mol. The lowest BCUT2D eigenvalue weighted by molar-refractivity contribution is -0.126. The van der Waals surface area contributed by atoms with Gasteiger partial charge in [-0.2, -0.15) is 0 Å². The van der Waals surface area contributed by atoms with Crippen molar-refractivity contribution in [3.8, 4) is 0 Å². The van der Waals surface area contributed by atoms with Crippen LogP contribution in [0.1, 0.15) is 12.7 Å². The summed E-state index contributed by atoms with van der Waals surface area (Å²) >= 11 is 0. The van der Waals surface area contributed by atoms with E-state index in [-0.39, 0.29) is 18.0 Å². The molecule has 1 aromatic rings. The summed E-state index contributed by atoms with van der Waals surface area (Å²) in [7, 11) is 0. The Balaban J connectivity index is 1.77. The molecule has 0 spiro atoms. The van der Waals surface area contributed by atoms with E-state index in [0.29, 0.717) is 19.6 Å². The van der Waals surface area contributed by atoms with Gasteiger partial charge in [0.1, 0.15) is 11.8 Å². The molecule has 17 heavy (non-hydrogen) atoms. The first kappa shape index (κ1) is 12.1. The summed E-state index contributed by atoms with van der Waals surface area (Å²) in [6, 6.07) is 3.57. The van der Waals surface area contributed by atoms with E-state index in [1.807, 2.05) is 19.1 Å². The van der Waals surface area contributed by atoms with E-state index >= 15 is 0 Å². The van der Waals surface area contributed by atoms with Crippen LogP contribution in [-0.4, -0.2) is 37.7 Å². The number of hydrogen-bond acceptors (Lipinski definition) is 4. The Morgan fingerprint density at radius 1 is 1.71 bits per heavy atom. The van der Waals surface area contributed by atoms with Crippen LogP contribution in [0.15, 0.2) is 22.8 Å². The number of furan rings is 1. The highest BCUT2D eigenvalue weighted by molar-refractivity contribution is 5.82. The van der Waals surface area contributed by atoms with E-state index in [4.69, 9.17) is 9.15 Å². The fourth-order valence-corrected chi connectivity index (χ4v) is 1.86. The van der Waals surface area contributed by atoms with E-state index < -0.39 is 0 Å². The predicted octanol–water partition coefficient (Wildman–Crippen LogP) is 0.315. The minimum atomic E-state index is -0.234. The van der Waals surface area contributed by atoms with Crippen LogP contribution in [-0.2, 0) is 16.0 Å². The van der Waals surface area contributed by atoms with Gasteiger partial charge in [-0.3, -0.25) is 4.79 Å². The number of rotatable bonds is 4. The van der Waals surface area contributed by atoms with Gasteiger partial charge in [-0.15, -0.1) is 0 Å². The molecule has 0 aromatic carbocycles. The van der Waals surface area contributed by atoms with E-state index in [9.17, 15) is 4.79 Å². The van der Waals surface area contributed by atoms with Gasteiger partial charge < -0.3 is 19.8 Å². The van der Waals surface area contributed by atoms with Crippen molar-refractivity contribution in [2.45, 2.75) is 25.4 Å². The highest BCUT2D eigenvalue weighted by atomic mass is 16.5. The molecule has 1 aliphatic heterocycles. The second kappa shape index (κ2) is 5.84. The molecule has 2 unspecified atom stereocenters. The van der Waals surface area contributed by atoms with Crippen molar-refractivity contribution >= 4 is 5.91 Å². The van der Waals surface area contributed by atoms with Crippen LogP contribution in [0, 0.1) is 0 Å². The molecule has 5 heteroatoms. The Kier molecular flexibility index (Phi) is 4.17. The van der Waals surface area contributed by atoms with E-state index in [2.05, 4.69) is 10.6 Å². The number of carbonyl (C=O) groups is 1. The maximum Gasteiger partial charge on any atom is 0.239 e. The zero-order chi connectivity index (χ0) is 12.1. The molecule has 2 N–H and O–H groups in total. The standard InChI is InChI=1S/C12H18N2O3/c1-9(7-10-3-2-5-17-10)14-12(15)11-8-16-6-4-13-11/h2-3,5,9,11,13H,4,6-8H2,1H3,(H,14,15). The highest BCUT2D eigenvalue weighted by Gasteiger charge is 2.22. The molecule has 2 rings (SSSR count). The molecule has 2 atom stereocenters. The van der Waals surface area contributed by atoms with Gasteiger partial charge in [-0.1, -0.05) is 0 Å². The zero-order valence-corrected chi connectivity index (χ0v) is 9.94. The van der Waals surface area contributed by atoms with Gasteiger partial charge in [0.25, 0.3) is 0 Å². The van der Waals surface area contributed by atoms with Crippen molar-refractivity contribution in [2.75, 3.05) is 19.8 Å². The smallest absolute Gasteiger partial charge is 0.239 e. The van der Waals surface area contributed by atoms with Crippen LogP contribution in [0.2, 0.25) is 0 Å². The van der Waals surface area contributed by atoms with Crippen LogP contribution in [0.5, 0.6) is 0 Å². The fraction of sp³-hybridized carbons (Fsp3) is 0.583. The maximum absolute atomic E-state index is 11.9. The molecular formula is C12H18N2O3. The lowest BCUT2D eigenvalue weighted by Crippen LogP contribution is -2.53. The van der Waals surface area contributed by atoms with Crippen molar-refractivity contribution in [1.82, 2.24) is 10.6 Å². The SMILES string of the molecule is CC(Cc1ccco1)NC(=O)C1COCCN1. The minimum absolute atomic E-state index is 0.0104. The molecule has 94 valence electrons. The number of hydrogen-bond donors (Lipinski definition) is 2. The van der Waals surface area contributed by atoms with Crippen LogP contribution in [0.4, 0.5) is 0 Å². The topological polar surface area (TPSA) is 63.5 Å². The van der Waals surface area contributed by atoms with Crippen LogP contribution < -0.4 is 10.6 Å². The van der Waals surface area contributed by atoms with Crippen LogP contribution >= 0.6 is 0 Å². The van der Waals surface area contributed by atoms with Gasteiger partial charge in [0.05, 0.1) is 19.5 Å². The summed E-state index contributed by atoms with van der Waals surface area (Å²) in [6.07, 6.45) is 2.34. The largest absolute Gasteiger partial charge is 0.469 e. The van der Waals surface area contributed by atoms with Gasteiger partial charge in [-0.05, 0) is 19.1 Å². The van der Waals surface area contributed by atoms with Crippen molar-refractivity contribution in [1.29, 1.82) is 0 Å². The molecule has 0 bridgehead atoms. The van der Waals surface area contributed by atoms with Crippen molar-refractivity contribution < 1.29 is 13.9 Å². The van der Waals surface area contributed by atoms with Crippen LogP contribution in [0.25, 0.3) is 0 Å². The Morgan fingerprint density at radius 3 is 3.24 bits per heavy atom. The number of ether oxygens (including phenoxy) is 1. The molecule has 1 fully saturated rings. The molecule has 2 heterocycles. The summed E-state index contributed by atoms with van der Waals surface area (Å²) in [4.78, 5) is 11.9. The Labute approximate surface area is 101 Å². The highest BCUT2D eigenvalue weighted by Crippen LogP contribution is 2.04. The van der Waals surface area contributed by atoms with Crippen molar-refractivity contribution in [2.24, 2.45) is 0 Å². The van der Waals surface area contributed by atoms with E-state index in [1.54, 1.807) is 6.26 Å². The Hall–Kier alpha value is -1.33. The third kappa shape index (κ3) is 3.57. The summed E-state index contributed by atoms with van der Waals surface area (Å²) in [5.74, 6) is 0.870. The first-order valence-electron chi connectivity index (χ1n) is 5.89. The summed E-state index contributed by atoms with van der Waals surface area (Å²) in [5.41, 5.74) is 0. The Bertz CT molecular complexity index is 345. The first-order chi connectivity index (χ1) is 8.25. The average Bonchev–Trinajstić information content (AvgIpc) is 2.82. The van der Waals surface area contributed by atoms with Gasteiger partial charge >= 0.3 is 0 Å². The molecule has 0 radical (unpaired) electrons. The van der Waals surface area contributed by atoms with Gasteiger partial charge in [-0.25, -0.2) is 0 Å². The molecule has 5 nitrogen and oxygen atoms in total. The second-order valence-corrected chi connectivity index (χ2v) is 4.27. The summed E-state index contributed by atoms with van der Waals surface area (Å²) in [6.45, 7) is 3.81. The number of nitrogens with one attached hydrogen (secondary N) is 2. The first-order valence-corrected chi connectivity index (χ1v) is 5.89. The third-order valence-corrected chi connectivity index (χ3v) is 2.71. The monoisotopic (exact) mass is 238 g/mol. The number of amides is 1. The maximum atomic E-state index is 11.9. The third-order valence-electron chi connectivity index (χ3n) is 2.71. The quantitative estimate of drug-likeness (QED) is 0.792. The van der Waals surface area contributed by atoms with Crippen LogP contribution in [0.3, 0.4) is 0 Å². The molecule has 1 saturated heterocycles. The lowest BCUT2D eigenvalue weighted by atomic mass is 10.1. The predicted molar refractivity (Wildman–Crippen MR) is 62.6 cm³/mol. The van der Waals surface area contributed by atoms with Crippen molar-refractivity contribution in [3.05, 3.63) is 24.2 Å².